The first-order valence-electron chi connectivity index (χ1n) is 5.45. The zero-order valence-corrected chi connectivity index (χ0v) is 9.37. The van der Waals surface area contributed by atoms with Gasteiger partial charge in [-0.15, -0.1) is 0 Å². The molecule has 0 spiro atoms. The van der Waals surface area contributed by atoms with Crippen molar-refractivity contribution in [1.29, 1.82) is 0 Å². The first kappa shape index (κ1) is 11.1. The van der Waals surface area contributed by atoms with E-state index in [0.29, 0.717) is 11.7 Å². The highest BCUT2D eigenvalue weighted by molar-refractivity contribution is 7.99. The third-order valence-electron chi connectivity index (χ3n) is 2.45. The molecule has 0 N–H and O–H groups in total. The van der Waals surface area contributed by atoms with Crippen LogP contribution in [0.25, 0.3) is 0 Å². The lowest BCUT2D eigenvalue weighted by Crippen LogP contribution is -1.99. The lowest BCUT2D eigenvalue weighted by molar-refractivity contribution is -0.120. The van der Waals surface area contributed by atoms with Gasteiger partial charge < -0.3 is 0 Å². The average molecular weight is 200 g/mol. The fourth-order valence-electron chi connectivity index (χ4n) is 1.43. The highest BCUT2D eigenvalue weighted by atomic mass is 32.2. The molecule has 0 unspecified atom stereocenters. The van der Waals surface area contributed by atoms with Gasteiger partial charge >= 0.3 is 0 Å². The largest absolute Gasteiger partial charge is 0.299 e. The Morgan fingerprint density at radius 2 is 2.08 bits per heavy atom. The molecule has 0 aromatic rings. The molecule has 13 heavy (non-hydrogen) atoms. The second-order valence-electron chi connectivity index (χ2n) is 3.75. The summed E-state index contributed by atoms with van der Waals surface area (Å²) in [5.41, 5.74) is 0. The van der Waals surface area contributed by atoms with Crippen LogP contribution in [0.2, 0.25) is 0 Å². The van der Waals surface area contributed by atoms with Gasteiger partial charge in [0.05, 0.1) is 0 Å². The van der Waals surface area contributed by atoms with E-state index < -0.39 is 0 Å². The maximum absolute atomic E-state index is 11.3. The van der Waals surface area contributed by atoms with Gasteiger partial charge in [0.25, 0.3) is 0 Å². The Kier molecular flexibility index (Phi) is 5.52. The fourth-order valence-corrected chi connectivity index (χ4v) is 2.13. The highest BCUT2D eigenvalue weighted by Gasteiger charge is 2.28. The van der Waals surface area contributed by atoms with Crippen molar-refractivity contribution in [2.24, 2.45) is 5.92 Å². The molecule has 0 aromatic heterocycles. The minimum absolute atomic E-state index is 0.477. The Labute approximate surface area is 85.7 Å². The van der Waals surface area contributed by atoms with Gasteiger partial charge in [0.15, 0.2) is 0 Å². The van der Waals surface area contributed by atoms with Crippen LogP contribution >= 0.6 is 11.8 Å². The van der Waals surface area contributed by atoms with Crippen molar-refractivity contribution in [3.05, 3.63) is 0 Å². The van der Waals surface area contributed by atoms with Crippen molar-refractivity contribution in [1.82, 2.24) is 0 Å². The smallest absolute Gasteiger partial charge is 0.135 e. The number of rotatable bonds is 8. The number of unbranched alkanes of at least 4 members (excludes halogenated alkanes) is 2. The molecule has 0 heterocycles. The van der Waals surface area contributed by atoms with Gasteiger partial charge in [-0.05, 0) is 37.2 Å². The SMILES string of the molecule is CCSCCCCCC(=O)C1CC1. The number of hydrogen-bond acceptors (Lipinski definition) is 2. The zero-order valence-electron chi connectivity index (χ0n) is 8.55. The van der Waals surface area contributed by atoms with Crippen LogP contribution in [0.3, 0.4) is 0 Å². The fraction of sp³-hybridized carbons (Fsp3) is 0.909. The maximum atomic E-state index is 11.3. The molecule has 1 aliphatic rings. The molecule has 0 bridgehead atoms. The number of carbonyl (C=O) groups excluding carboxylic acids is 1. The molecule has 2 heteroatoms. The predicted molar refractivity (Wildman–Crippen MR) is 59.2 cm³/mol. The van der Waals surface area contributed by atoms with Crippen molar-refractivity contribution < 1.29 is 4.79 Å². The maximum Gasteiger partial charge on any atom is 0.135 e. The molecule has 0 atom stereocenters. The van der Waals surface area contributed by atoms with E-state index in [1.54, 1.807) is 0 Å². The molecular formula is C11H20OS. The summed E-state index contributed by atoms with van der Waals surface area (Å²) in [6.45, 7) is 2.20. The molecule has 76 valence electrons. The monoisotopic (exact) mass is 200 g/mol. The topological polar surface area (TPSA) is 17.1 Å². The summed E-state index contributed by atoms with van der Waals surface area (Å²) in [5, 5.41) is 0. The van der Waals surface area contributed by atoms with Gasteiger partial charge in [-0.3, -0.25) is 4.79 Å². The summed E-state index contributed by atoms with van der Waals surface area (Å²) in [4.78, 5) is 11.3. The first-order valence-corrected chi connectivity index (χ1v) is 6.60. The quantitative estimate of drug-likeness (QED) is 0.559. The molecule has 0 radical (unpaired) electrons. The number of ketones is 1. The Morgan fingerprint density at radius 1 is 1.31 bits per heavy atom. The van der Waals surface area contributed by atoms with Crippen LogP contribution in [-0.2, 0) is 4.79 Å². The van der Waals surface area contributed by atoms with Gasteiger partial charge in [-0.25, -0.2) is 0 Å². The molecule has 1 rings (SSSR count). The van der Waals surface area contributed by atoms with Crippen molar-refractivity contribution >= 4 is 17.5 Å². The van der Waals surface area contributed by atoms with E-state index in [4.69, 9.17) is 0 Å². The molecule has 0 saturated heterocycles. The molecule has 0 aliphatic heterocycles. The third kappa shape index (κ3) is 5.35. The van der Waals surface area contributed by atoms with Crippen LogP contribution in [0.4, 0.5) is 0 Å². The molecule has 0 aromatic carbocycles. The number of hydrogen-bond donors (Lipinski definition) is 0. The summed E-state index contributed by atoms with van der Waals surface area (Å²) in [7, 11) is 0. The van der Waals surface area contributed by atoms with Crippen molar-refractivity contribution in [3.8, 4) is 0 Å². The molecule has 1 saturated carbocycles. The Hall–Kier alpha value is 0.0200. The van der Waals surface area contributed by atoms with Crippen molar-refractivity contribution in [2.75, 3.05) is 11.5 Å². The summed E-state index contributed by atoms with van der Waals surface area (Å²) >= 11 is 2.00. The molecule has 1 aliphatic carbocycles. The lowest BCUT2D eigenvalue weighted by Gasteiger charge is -1.99. The zero-order chi connectivity index (χ0) is 9.52. The van der Waals surface area contributed by atoms with Gasteiger partial charge in [0, 0.05) is 12.3 Å². The molecule has 1 nitrogen and oxygen atoms in total. The second kappa shape index (κ2) is 6.47. The minimum Gasteiger partial charge on any atom is -0.299 e. The molecule has 1 fully saturated rings. The van der Waals surface area contributed by atoms with E-state index in [9.17, 15) is 4.79 Å². The van der Waals surface area contributed by atoms with E-state index in [1.165, 1.54) is 37.2 Å². The number of carbonyl (C=O) groups is 1. The van der Waals surface area contributed by atoms with E-state index in [0.717, 1.165) is 12.8 Å². The van der Waals surface area contributed by atoms with E-state index >= 15 is 0 Å². The lowest BCUT2D eigenvalue weighted by atomic mass is 10.1. The van der Waals surface area contributed by atoms with Crippen LogP contribution in [0, 0.1) is 5.92 Å². The van der Waals surface area contributed by atoms with Crippen LogP contribution in [0.1, 0.15) is 45.4 Å². The molecular weight excluding hydrogens is 180 g/mol. The van der Waals surface area contributed by atoms with E-state index in [-0.39, 0.29) is 0 Å². The Balaban J connectivity index is 1.80. The van der Waals surface area contributed by atoms with Gasteiger partial charge in [0.1, 0.15) is 5.78 Å². The Morgan fingerprint density at radius 3 is 2.69 bits per heavy atom. The molecule has 0 amide bonds. The van der Waals surface area contributed by atoms with Crippen LogP contribution < -0.4 is 0 Å². The van der Waals surface area contributed by atoms with E-state index in [2.05, 4.69) is 6.92 Å². The predicted octanol–water partition coefficient (Wildman–Crippen LogP) is 3.28. The standard InChI is InChI=1S/C11H20OS/c1-2-13-9-5-3-4-6-11(12)10-7-8-10/h10H,2-9H2,1H3. The van der Waals surface area contributed by atoms with Crippen LogP contribution in [0.15, 0.2) is 0 Å². The van der Waals surface area contributed by atoms with E-state index in [1.807, 2.05) is 11.8 Å². The van der Waals surface area contributed by atoms with Crippen molar-refractivity contribution in [3.63, 3.8) is 0 Å². The van der Waals surface area contributed by atoms with Crippen molar-refractivity contribution in [2.45, 2.75) is 45.4 Å². The van der Waals surface area contributed by atoms with Gasteiger partial charge in [0.2, 0.25) is 0 Å². The average Bonchev–Trinajstić information content (AvgIpc) is 2.93. The van der Waals surface area contributed by atoms with Crippen LogP contribution in [0.5, 0.6) is 0 Å². The van der Waals surface area contributed by atoms with Gasteiger partial charge in [-0.1, -0.05) is 13.3 Å². The van der Waals surface area contributed by atoms with Gasteiger partial charge in [-0.2, -0.15) is 11.8 Å². The summed E-state index contributed by atoms with van der Waals surface area (Å²) in [6, 6.07) is 0. The summed E-state index contributed by atoms with van der Waals surface area (Å²) in [5.74, 6) is 3.50. The number of Topliss-reactive ketones (excluding diaryl/α,β-unsaturated/α-hetero) is 1. The second-order valence-corrected chi connectivity index (χ2v) is 5.14. The Bertz CT molecular complexity index is 152. The third-order valence-corrected chi connectivity index (χ3v) is 3.43. The normalized spacial score (nSPS) is 16.1. The summed E-state index contributed by atoms with van der Waals surface area (Å²) < 4.78 is 0. The van der Waals surface area contributed by atoms with Crippen LogP contribution in [-0.4, -0.2) is 17.3 Å². The first-order chi connectivity index (χ1) is 6.34. The number of thioether (sulfide) groups is 1. The summed E-state index contributed by atoms with van der Waals surface area (Å²) in [6.07, 6.45) is 6.85. The highest BCUT2D eigenvalue weighted by Crippen LogP contribution is 2.31. The minimum atomic E-state index is 0.477.